The van der Waals surface area contributed by atoms with Crippen molar-refractivity contribution in [1.82, 2.24) is 0 Å². The van der Waals surface area contributed by atoms with E-state index >= 15 is 0 Å². The lowest BCUT2D eigenvalue weighted by molar-refractivity contribution is -0.489. The highest BCUT2D eigenvalue weighted by Crippen LogP contribution is 2.00. The third-order valence-electron chi connectivity index (χ3n) is 1.20. The Kier molecular flexibility index (Phi) is 4.78. The van der Waals surface area contributed by atoms with E-state index in [0.717, 1.165) is 0 Å². The fourth-order valence-corrected chi connectivity index (χ4v) is 0.634. The summed E-state index contributed by atoms with van der Waals surface area (Å²) in [4.78, 5) is 9.37. The van der Waals surface area contributed by atoms with Crippen molar-refractivity contribution in [3.05, 3.63) is 10.1 Å². The van der Waals surface area contributed by atoms with Crippen molar-refractivity contribution in [1.29, 1.82) is 0 Å². The van der Waals surface area contributed by atoms with Crippen LogP contribution in [0.25, 0.3) is 0 Å². The average Bonchev–Trinajstić information content (AvgIpc) is 1.86. The van der Waals surface area contributed by atoms with Gasteiger partial charge in [0.2, 0.25) is 6.54 Å². The Balaban J connectivity index is 3.49. The van der Waals surface area contributed by atoms with Crippen molar-refractivity contribution in [2.75, 3.05) is 19.8 Å². The zero-order valence-corrected chi connectivity index (χ0v) is 5.56. The van der Waals surface area contributed by atoms with E-state index in [9.17, 15) is 10.1 Å². The van der Waals surface area contributed by atoms with E-state index in [0.29, 0.717) is 0 Å². The fraction of sp³-hybridized carbons (Fsp3) is 1.00. The van der Waals surface area contributed by atoms with E-state index in [1.807, 2.05) is 0 Å². The van der Waals surface area contributed by atoms with Crippen LogP contribution in [-0.4, -0.2) is 34.9 Å². The third kappa shape index (κ3) is 4.22. The quantitative estimate of drug-likeness (QED) is 0.398. The number of rotatable bonds is 5. The minimum Gasteiger partial charge on any atom is -0.396 e. The van der Waals surface area contributed by atoms with Crippen LogP contribution in [0.5, 0.6) is 0 Å². The van der Waals surface area contributed by atoms with E-state index in [1.54, 1.807) is 0 Å². The lowest BCUT2D eigenvalue weighted by atomic mass is 10.1. The molecule has 0 rings (SSSR count). The van der Waals surface area contributed by atoms with Crippen LogP contribution in [-0.2, 0) is 0 Å². The highest BCUT2D eigenvalue weighted by atomic mass is 16.6. The zero-order valence-electron chi connectivity index (χ0n) is 5.56. The maximum atomic E-state index is 9.86. The van der Waals surface area contributed by atoms with Crippen molar-refractivity contribution >= 4 is 0 Å². The largest absolute Gasteiger partial charge is 0.396 e. The maximum Gasteiger partial charge on any atom is 0.208 e. The van der Waals surface area contributed by atoms with E-state index in [4.69, 9.17) is 10.2 Å². The van der Waals surface area contributed by atoms with Crippen LogP contribution in [0.2, 0.25) is 0 Å². The van der Waals surface area contributed by atoms with Crippen LogP contribution >= 0.6 is 0 Å². The molecule has 0 saturated carbocycles. The number of aliphatic hydroxyl groups is 2. The Morgan fingerprint density at radius 3 is 2.40 bits per heavy atom. The van der Waals surface area contributed by atoms with Gasteiger partial charge in [0.05, 0.1) is 6.61 Å². The smallest absolute Gasteiger partial charge is 0.208 e. The topological polar surface area (TPSA) is 83.6 Å². The van der Waals surface area contributed by atoms with Gasteiger partial charge < -0.3 is 10.2 Å². The lowest BCUT2D eigenvalue weighted by Gasteiger charge is -2.05. The predicted molar refractivity (Wildman–Crippen MR) is 34.1 cm³/mol. The van der Waals surface area contributed by atoms with Crippen LogP contribution in [0.3, 0.4) is 0 Å². The van der Waals surface area contributed by atoms with Gasteiger partial charge in [0.25, 0.3) is 0 Å². The number of nitrogens with zero attached hydrogens (tertiary/aromatic N) is 1. The number of aliphatic hydroxyl groups excluding tert-OH is 2. The summed E-state index contributed by atoms with van der Waals surface area (Å²) in [6.45, 7) is -0.613. The van der Waals surface area contributed by atoms with Crippen LogP contribution in [0.1, 0.15) is 6.42 Å². The molecular weight excluding hydrogens is 138 g/mol. The van der Waals surface area contributed by atoms with Gasteiger partial charge in [-0.15, -0.1) is 0 Å². The Morgan fingerprint density at radius 2 is 2.10 bits per heavy atom. The second-order valence-electron chi connectivity index (χ2n) is 2.08. The second-order valence-corrected chi connectivity index (χ2v) is 2.08. The molecule has 2 N–H and O–H groups in total. The minimum atomic E-state index is -0.490. The summed E-state index contributed by atoms with van der Waals surface area (Å²) in [6.07, 6.45) is 0.289. The normalized spacial score (nSPS) is 13.0. The van der Waals surface area contributed by atoms with Crippen molar-refractivity contribution < 1.29 is 15.1 Å². The molecule has 0 spiro atoms. The van der Waals surface area contributed by atoms with Crippen LogP contribution in [0, 0.1) is 16.0 Å². The first-order valence-electron chi connectivity index (χ1n) is 3.04. The molecule has 0 aromatic heterocycles. The predicted octanol–water partition coefficient (Wildman–Crippen LogP) is -0.746. The molecule has 60 valence electrons. The van der Waals surface area contributed by atoms with Crippen molar-refractivity contribution in [3.8, 4) is 0 Å². The average molecular weight is 149 g/mol. The summed E-state index contributed by atoms with van der Waals surface area (Å²) >= 11 is 0. The number of nitro groups is 1. The number of hydrogen-bond acceptors (Lipinski definition) is 4. The van der Waals surface area contributed by atoms with Crippen LogP contribution in [0.4, 0.5) is 0 Å². The van der Waals surface area contributed by atoms with Gasteiger partial charge in [-0.1, -0.05) is 0 Å². The van der Waals surface area contributed by atoms with Gasteiger partial charge in [0.1, 0.15) is 0 Å². The molecule has 0 aliphatic heterocycles. The van der Waals surface area contributed by atoms with Gasteiger partial charge in [-0.25, -0.2) is 0 Å². The summed E-state index contributed by atoms with van der Waals surface area (Å²) in [5, 5.41) is 26.7. The maximum absolute atomic E-state index is 9.86. The lowest BCUT2D eigenvalue weighted by Crippen LogP contribution is -2.18. The summed E-state index contributed by atoms with van der Waals surface area (Å²) < 4.78 is 0. The molecule has 0 radical (unpaired) electrons. The zero-order chi connectivity index (χ0) is 7.98. The minimum absolute atomic E-state index is 0.112. The van der Waals surface area contributed by atoms with E-state index in [2.05, 4.69) is 0 Å². The molecule has 0 amide bonds. The summed E-state index contributed by atoms with van der Waals surface area (Å²) in [5.74, 6) is -0.403. The van der Waals surface area contributed by atoms with Crippen molar-refractivity contribution in [2.45, 2.75) is 6.42 Å². The fourth-order valence-electron chi connectivity index (χ4n) is 0.634. The van der Waals surface area contributed by atoms with Crippen LogP contribution < -0.4 is 0 Å². The number of hydrogen-bond donors (Lipinski definition) is 2. The molecular formula is C5H11NO4. The van der Waals surface area contributed by atoms with Crippen molar-refractivity contribution in [3.63, 3.8) is 0 Å². The Morgan fingerprint density at radius 1 is 1.50 bits per heavy atom. The monoisotopic (exact) mass is 149 g/mol. The van der Waals surface area contributed by atoms with E-state index in [1.165, 1.54) is 0 Å². The molecule has 1 atom stereocenters. The first-order chi connectivity index (χ1) is 4.70. The van der Waals surface area contributed by atoms with Crippen LogP contribution in [0.15, 0.2) is 0 Å². The Labute approximate surface area is 58.4 Å². The molecule has 0 saturated heterocycles. The van der Waals surface area contributed by atoms with Gasteiger partial charge in [0.15, 0.2) is 0 Å². The Bertz CT molecular complexity index is 106. The first kappa shape index (κ1) is 9.32. The SMILES string of the molecule is O=[N+]([O-])CC(CO)CCO. The third-order valence-corrected chi connectivity index (χ3v) is 1.20. The summed E-state index contributed by atoms with van der Waals surface area (Å²) in [6, 6.07) is 0. The first-order valence-corrected chi connectivity index (χ1v) is 3.04. The molecule has 0 aliphatic carbocycles. The molecule has 5 nitrogen and oxygen atoms in total. The molecule has 0 aliphatic rings. The molecule has 0 fully saturated rings. The molecule has 5 heteroatoms. The van der Waals surface area contributed by atoms with Gasteiger partial charge in [-0.05, 0) is 6.42 Å². The standard InChI is InChI=1S/C5H11NO4/c7-2-1-5(4-8)3-6(9)10/h5,7-8H,1-4H2. The molecule has 10 heavy (non-hydrogen) atoms. The van der Waals surface area contributed by atoms with Gasteiger partial charge in [-0.3, -0.25) is 10.1 Å². The summed E-state index contributed by atoms with van der Waals surface area (Å²) in [7, 11) is 0. The highest BCUT2D eigenvalue weighted by molar-refractivity contribution is 4.53. The molecule has 0 aromatic rings. The Hall–Kier alpha value is -0.680. The van der Waals surface area contributed by atoms with E-state index in [-0.39, 0.29) is 26.2 Å². The van der Waals surface area contributed by atoms with Crippen molar-refractivity contribution in [2.24, 2.45) is 5.92 Å². The molecule has 0 heterocycles. The molecule has 0 aromatic carbocycles. The van der Waals surface area contributed by atoms with Gasteiger partial charge in [-0.2, -0.15) is 0 Å². The molecule has 0 bridgehead atoms. The molecule has 1 unspecified atom stereocenters. The van der Waals surface area contributed by atoms with Gasteiger partial charge in [0, 0.05) is 17.4 Å². The van der Waals surface area contributed by atoms with Gasteiger partial charge >= 0.3 is 0 Å². The van der Waals surface area contributed by atoms with E-state index < -0.39 is 10.8 Å². The highest BCUT2D eigenvalue weighted by Gasteiger charge is 2.12. The summed E-state index contributed by atoms with van der Waals surface area (Å²) in [5.41, 5.74) is 0. The second kappa shape index (κ2) is 5.13.